The second-order valence-corrected chi connectivity index (χ2v) is 8.09. The van der Waals surface area contributed by atoms with E-state index in [1.54, 1.807) is 24.5 Å². The number of rotatable bonds is 8. The molecule has 0 radical (unpaired) electrons. The molecule has 2 aromatic carbocycles. The Morgan fingerprint density at radius 1 is 1.12 bits per heavy atom. The maximum absolute atomic E-state index is 12.6. The molecule has 0 aliphatic heterocycles. The number of fused-ring (bicyclic) bond motifs is 1. The predicted octanol–water partition coefficient (Wildman–Crippen LogP) is 4.91. The van der Waals surface area contributed by atoms with Crippen LogP contribution >= 0.6 is 0 Å². The van der Waals surface area contributed by atoms with Gasteiger partial charge in [-0.3, -0.25) is 9.78 Å². The van der Waals surface area contributed by atoms with E-state index in [1.807, 2.05) is 56.3 Å². The molecule has 4 rings (SSSR count). The number of para-hydroxylation sites is 1. The lowest BCUT2D eigenvalue weighted by molar-refractivity contribution is 0.106. The average Bonchev–Trinajstić information content (AvgIpc) is 3.23. The quantitative estimate of drug-likeness (QED) is 0.275. The third-order valence-electron chi connectivity index (χ3n) is 5.52. The van der Waals surface area contributed by atoms with Crippen molar-refractivity contribution in [2.45, 2.75) is 19.4 Å². The summed E-state index contributed by atoms with van der Waals surface area (Å²) >= 11 is 0. The zero-order chi connectivity index (χ0) is 22.7. The molecule has 2 heterocycles. The molecule has 2 aromatic heterocycles. The van der Waals surface area contributed by atoms with E-state index in [9.17, 15) is 4.79 Å². The largest absolute Gasteiger partial charge is 0.353 e. The van der Waals surface area contributed by atoms with E-state index in [0.29, 0.717) is 17.8 Å². The van der Waals surface area contributed by atoms with Crippen LogP contribution in [0, 0.1) is 5.41 Å². The van der Waals surface area contributed by atoms with E-state index in [4.69, 9.17) is 5.41 Å². The lowest BCUT2D eigenvalue weighted by Crippen LogP contribution is -2.29. The molecule has 0 bridgehead atoms. The van der Waals surface area contributed by atoms with Crippen LogP contribution in [0.5, 0.6) is 0 Å². The number of hydrogen-bond acceptors (Lipinski definition) is 6. The zero-order valence-corrected chi connectivity index (χ0v) is 18.4. The first-order chi connectivity index (χ1) is 15.4. The van der Waals surface area contributed by atoms with Gasteiger partial charge >= 0.3 is 0 Å². The number of hydrogen-bond donors (Lipinski definition) is 3. The molecule has 0 saturated carbocycles. The van der Waals surface area contributed by atoms with Crippen molar-refractivity contribution < 1.29 is 4.79 Å². The minimum atomic E-state index is -0.245. The second-order valence-electron chi connectivity index (χ2n) is 8.09. The molecule has 4 aromatic rings. The van der Waals surface area contributed by atoms with Crippen molar-refractivity contribution in [1.82, 2.24) is 19.9 Å². The van der Waals surface area contributed by atoms with E-state index in [2.05, 4.69) is 32.4 Å². The van der Waals surface area contributed by atoms with Crippen LogP contribution in [-0.2, 0) is 0 Å². The summed E-state index contributed by atoms with van der Waals surface area (Å²) < 4.78 is 0. The van der Waals surface area contributed by atoms with Gasteiger partial charge in [-0.1, -0.05) is 18.2 Å². The van der Waals surface area contributed by atoms with Crippen LogP contribution < -0.4 is 5.32 Å². The molecular formula is C25H26N6O. The third kappa shape index (κ3) is 4.73. The Hall–Kier alpha value is -3.84. The molecule has 1 atom stereocenters. The van der Waals surface area contributed by atoms with Gasteiger partial charge in [-0.25, -0.2) is 4.98 Å². The molecule has 0 spiro atoms. The summed E-state index contributed by atoms with van der Waals surface area (Å²) in [6.07, 6.45) is 3.80. The van der Waals surface area contributed by atoms with Gasteiger partial charge in [0.25, 0.3) is 0 Å². The van der Waals surface area contributed by atoms with E-state index in [1.165, 1.54) is 0 Å². The van der Waals surface area contributed by atoms with Crippen LogP contribution in [0.4, 0.5) is 11.5 Å². The van der Waals surface area contributed by atoms with Gasteiger partial charge < -0.3 is 20.6 Å². The van der Waals surface area contributed by atoms with Crippen LogP contribution in [0.25, 0.3) is 22.3 Å². The number of benzene rings is 2. The molecule has 32 heavy (non-hydrogen) atoms. The Morgan fingerprint density at radius 3 is 2.59 bits per heavy atom. The van der Waals surface area contributed by atoms with Gasteiger partial charge in [-0.15, -0.1) is 0 Å². The summed E-state index contributed by atoms with van der Waals surface area (Å²) in [6, 6.07) is 17.3. The van der Waals surface area contributed by atoms with E-state index < -0.39 is 0 Å². The monoisotopic (exact) mass is 426 g/mol. The van der Waals surface area contributed by atoms with Crippen molar-refractivity contribution >= 4 is 33.9 Å². The summed E-state index contributed by atoms with van der Waals surface area (Å²) in [5.41, 5.74) is 4.09. The van der Waals surface area contributed by atoms with Gasteiger partial charge in [0.2, 0.25) is 5.78 Å². The van der Waals surface area contributed by atoms with Gasteiger partial charge in [0.15, 0.2) is 0 Å². The Balaban J connectivity index is 1.46. The fourth-order valence-corrected chi connectivity index (χ4v) is 3.37. The Kier molecular flexibility index (Phi) is 6.09. The highest BCUT2D eigenvalue weighted by Gasteiger charge is 2.16. The fraction of sp³-hybridized carbons (Fsp3) is 0.200. The topological polar surface area (TPSA) is 97.8 Å². The highest BCUT2D eigenvalue weighted by atomic mass is 16.1. The van der Waals surface area contributed by atoms with Crippen molar-refractivity contribution in [3.63, 3.8) is 0 Å². The molecule has 0 amide bonds. The predicted molar refractivity (Wildman–Crippen MR) is 129 cm³/mol. The standard InChI is InChI=1S/C25H26N6O/c1-16(31(2)3)12-20(26)25(32)17-8-10-19(11-9-17)28-24-15-27-14-23(30-24)22-13-18-6-4-5-7-21(18)29-22/h4-11,13-16,26,29H,12H2,1-3H3,(H,28,30)/t16-/m1/s1. The lowest BCUT2D eigenvalue weighted by atomic mass is 10.0. The number of aromatic amines is 1. The van der Waals surface area contributed by atoms with Crippen LogP contribution in [0.1, 0.15) is 23.7 Å². The van der Waals surface area contributed by atoms with Crippen LogP contribution in [0.15, 0.2) is 67.0 Å². The number of aromatic nitrogens is 3. The van der Waals surface area contributed by atoms with Crippen molar-refractivity contribution in [2.24, 2.45) is 0 Å². The SMILES string of the molecule is C[C@H](CC(=N)C(=O)c1ccc(Nc2cncc(-c3cc4ccccc4[nH]3)n2)cc1)N(C)C. The molecule has 0 fully saturated rings. The minimum Gasteiger partial charge on any atom is -0.353 e. The highest BCUT2D eigenvalue weighted by molar-refractivity contribution is 6.45. The van der Waals surface area contributed by atoms with Crippen molar-refractivity contribution in [3.8, 4) is 11.4 Å². The number of ketones is 1. The summed E-state index contributed by atoms with van der Waals surface area (Å²) in [6.45, 7) is 2.00. The molecule has 7 heteroatoms. The maximum Gasteiger partial charge on any atom is 0.206 e. The average molecular weight is 427 g/mol. The Labute approximate surface area is 187 Å². The molecule has 0 aliphatic rings. The number of nitrogens with one attached hydrogen (secondary N) is 3. The number of H-pyrrole nitrogens is 1. The molecule has 7 nitrogen and oxygen atoms in total. The van der Waals surface area contributed by atoms with E-state index in [-0.39, 0.29) is 17.5 Å². The molecule has 162 valence electrons. The smallest absolute Gasteiger partial charge is 0.206 e. The van der Waals surface area contributed by atoms with Gasteiger partial charge in [-0.2, -0.15) is 0 Å². The Morgan fingerprint density at radius 2 is 1.88 bits per heavy atom. The summed E-state index contributed by atoms with van der Waals surface area (Å²) in [7, 11) is 3.89. The number of carbonyl (C=O) groups is 1. The van der Waals surface area contributed by atoms with Gasteiger partial charge in [0.05, 0.1) is 23.8 Å². The molecule has 0 aliphatic carbocycles. The highest BCUT2D eigenvalue weighted by Crippen LogP contribution is 2.24. The van der Waals surface area contributed by atoms with Gasteiger partial charge in [0.1, 0.15) is 11.5 Å². The number of Topliss-reactive ketones (excluding diaryl/α,β-unsaturated/α-hetero) is 1. The summed E-state index contributed by atoms with van der Waals surface area (Å²) in [5, 5.41) is 12.5. The second kappa shape index (κ2) is 9.11. The first-order valence-corrected chi connectivity index (χ1v) is 10.5. The van der Waals surface area contributed by atoms with Gasteiger partial charge in [-0.05, 0) is 57.4 Å². The van der Waals surface area contributed by atoms with Crippen molar-refractivity contribution in [3.05, 3.63) is 72.6 Å². The normalized spacial score (nSPS) is 12.1. The molecule has 0 unspecified atom stereocenters. The minimum absolute atomic E-state index is 0.115. The summed E-state index contributed by atoms with van der Waals surface area (Å²) in [5.74, 6) is 0.360. The third-order valence-corrected chi connectivity index (χ3v) is 5.52. The first-order valence-electron chi connectivity index (χ1n) is 10.5. The fourth-order valence-electron chi connectivity index (χ4n) is 3.37. The van der Waals surface area contributed by atoms with E-state index in [0.717, 1.165) is 28.0 Å². The summed E-state index contributed by atoms with van der Waals surface area (Å²) in [4.78, 5) is 26.9. The lowest BCUT2D eigenvalue weighted by Gasteiger charge is -2.19. The number of nitrogens with zero attached hydrogens (tertiary/aromatic N) is 3. The van der Waals surface area contributed by atoms with Gasteiger partial charge in [0, 0.05) is 34.6 Å². The Bertz CT molecular complexity index is 1230. The van der Waals surface area contributed by atoms with Crippen LogP contribution in [0.2, 0.25) is 0 Å². The molecule has 0 saturated heterocycles. The van der Waals surface area contributed by atoms with Crippen LogP contribution in [0.3, 0.4) is 0 Å². The van der Waals surface area contributed by atoms with Crippen molar-refractivity contribution in [1.29, 1.82) is 5.41 Å². The van der Waals surface area contributed by atoms with E-state index >= 15 is 0 Å². The number of carbonyl (C=O) groups excluding carboxylic acids is 1. The zero-order valence-electron chi connectivity index (χ0n) is 18.4. The first kappa shape index (κ1) is 21.4. The number of anilines is 2. The molecule has 3 N–H and O–H groups in total. The van der Waals surface area contributed by atoms with Crippen molar-refractivity contribution in [2.75, 3.05) is 19.4 Å². The molecular weight excluding hydrogens is 400 g/mol. The maximum atomic E-state index is 12.6. The van der Waals surface area contributed by atoms with Crippen LogP contribution in [-0.4, -0.2) is 51.5 Å².